The molecule has 1 unspecified atom stereocenters. The maximum Gasteiger partial charge on any atom is 0.231 e. The second-order valence-electron chi connectivity index (χ2n) is 9.66. The Morgan fingerprint density at radius 2 is 1.81 bits per heavy atom. The standard InChI is InChI=1S/C26H25Cl2N7O2/c1-14(22-19(27)12-30-13-20(22)28)37-16-2-3-21-17(8-16)23(35-34-21)15-10-31-24(32-11-15)18-9-26(33-25(18)36)4-6-29-7-5-26/h2-3,8,10-14,18,29H,4-7,9H2,1H3,(H,33,36)(H,34,35)/t14-,18?/m1/s1. The van der Waals surface area contributed by atoms with Crippen molar-refractivity contribution in [3.63, 3.8) is 0 Å². The topological polar surface area (TPSA) is 118 Å². The van der Waals surface area contributed by atoms with Crippen LogP contribution in [-0.2, 0) is 4.79 Å². The van der Waals surface area contributed by atoms with Gasteiger partial charge < -0.3 is 15.4 Å². The number of rotatable bonds is 5. The minimum atomic E-state index is -0.390. The van der Waals surface area contributed by atoms with Crippen LogP contribution in [0.2, 0.25) is 10.0 Å². The molecule has 11 heteroatoms. The monoisotopic (exact) mass is 537 g/mol. The van der Waals surface area contributed by atoms with Crippen LogP contribution in [0.15, 0.2) is 43.0 Å². The number of H-pyrrole nitrogens is 1. The largest absolute Gasteiger partial charge is 0.486 e. The number of amides is 1. The number of hydrogen-bond donors (Lipinski definition) is 3. The molecular weight excluding hydrogens is 513 g/mol. The number of ether oxygens (including phenoxy) is 1. The van der Waals surface area contributed by atoms with Gasteiger partial charge in [-0.2, -0.15) is 5.10 Å². The van der Waals surface area contributed by atoms with Crippen molar-refractivity contribution in [1.29, 1.82) is 0 Å². The van der Waals surface area contributed by atoms with Crippen LogP contribution in [0.25, 0.3) is 22.2 Å². The molecule has 190 valence electrons. The number of fused-ring (bicyclic) bond motifs is 1. The molecule has 0 bridgehead atoms. The number of carbonyl (C=O) groups is 1. The van der Waals surface area contributed by atoms with E-state index in [0.717, 1.165) is 48.8 Å². The molecule has 5 heterocycles. The molecule has 9 nitrogen and oxygen atoms in total. The third kappa shape index (κ3) is 4.52. The summed E-state index contributed by atoms with van der Waals surface area (Å²) in [7, 11) is 0. The Bertz CT molecular complexity index is 1450. The van der Waals surface area contributed by atoms with E-state index in [9.17, 15) is 4.79 Å². The predicted octanol–water partition coefficient (Wildman–Crippen LogP) is 4.59. The van der Waals surface area contributed by atoms with Gasteiger partial charge in [0.15, 0.2) is 0 Å². The number of pyridine rings is 1. The predicted molar refractivity (Wildman–Crippen MR) is 141 cm³/mol. The van der Waals surface area contributed by atoms with Gasteiger partial charge in [-0.1, -0.05) is 23.2 Å². The highest BCUT2D eigenvalue weighted by molar-refractivity contribution is 6.35. The fourth-order valence-electron chi connectivity index (χ4n) is 5.33. The van der Waals surface area contributed by atoms with Crippen LogP contribution >= 0.6 is 23.2 Å². The maximum atomic E-state index is 12.7. The fourth-order valence-corrected chi connectivity index (χ4v) is 6.00. The summed E-state index contributed by atoms with van der Waals surface area (Å²) >= 11 is 12.6. The van der Waals surface area contributed by atoms with Gasteiger partial charge in [-0.3, -0.25) is 14.9 Å². The minimum Gasteiger partial charge on any atom is -0.486 e. The highest BCUT2D eigenvalue weighted by Gasteiger charge is 2.46. The SMILES string of the molecule is C[C@@H](Oc1ccc2[nH]nc(-c3cnc(C4CC5(CCNCC5)NC4=O)nc3)c2c1)c1c(Cl)cncc1Cl. The van der Waals surface area contributed by atoms with Gasteiger partial charge in [0.1, 0.15) is 23.4 Å². The van der Waals surface area contributed by atoms with Gasteiger partial charge in [0.05, 0.1) is 21.5 Å². The fraction of sp³-hybridized carbons (Fsp3) is 0.346. The number of aromatic nitrogens is 5. The number of benzene rings is 1. The summed E-state index contributed by atoms with van der Waals surface area (Å²) in [4.78, 5) is 25.9. The van der Waals surface area contributed by atoms with Crippen LogP contribution in [0, 0.1) is 0 Å². The molecular formula is C26H25Cl2N7O2. The van der Waals surface area contributed by atoms with Gasteiger partial charge in [0.2, 0.25) is 5.91 Å². The van der Waals surface area contributed by atoms with E-state index < -0.39 is 0 Å². The summed E-state index contributed by atoms with van der Waals surface area (Å²) in [5, 5.41) is 15.9. The third-order valence-corrected chi connectivity index (χ3v) is 7.86. The molecule has 2 aliphatic rings. The zero-order valence-electron chi connectivity index (χ0n) is 20.1. The first-order valence-corrected chi connectivity index (χ1v) is 13.0. The van der Waals surface area contributed by atoms with Gasteiger partial charge in [0, 0.05) is 46.8 Å². The van der Waals surface area contributed by atoms with Crippen molar-refractivity contribution in [1.82, 2.24) is 35.8 Å². The number of aromatic amines is 1. The quantitative estimate of drug-likeness (QED) is 0.340. The number of nitrogens with one attached hydrogen (secondary N) is 3. The molecule has 3 aromatic heterocycles. The lowest BCUT2D eigenvalue weighted by molar-refractivity contribution is -0.121. The molecule has 0 saturated carbocycles. The van der Waals surface area contributed by atoms with E-state index in [-0.39, 0.29) is 23.5 Å². The molecule has 1 amide bonds. The molecule has 6 rings (SSSR count). The summed E-state index contributed by atoms with van der Waals surface area (Å²) < 4.78 is 6.17. The molecule has 0 radical (unpaired) electrons. The van der Waals surface area contributed by atoms with Crippen LogP contribution in [-0.4, -0.2) is 49.7 Å². The molecule has 4 aromatic rings. The Hall–Kier alpha value is -3.27. The van der Waals surface area contributed by atoms with Crippen molar-refractivity contribution in [2.75, 3.05) is 13.1 Å². The molecule has 1 aromatic carbocycles. The first-order chi connectivity index (χ1) is 17.9. The van der Waals surface area contributed by atoms with Crippen molar-refractivity contribution in [2.45, 2.75) is 43.7 Å². The van der Waals surface area contributed by atoms with Crippen LogP contribution in [0.5, 0.6) is 5.75 Å². The number of nitrogens with zero attached hydrogens (tertiary/aromatic N) is 4. The summed E-state index contributed by atoms with van der Waals surface area (Å²) in [6.45, 7) is 3.70. The lowest BCUT2D eigenvalue weighted by Crippen LogP contribution is -2.49. The number of carbonyl (C=O) groups excluding carboxylic acids is 1. The van der Waals surface area contributed by atoms with Crippen molar-refractivity contribution in [3.05, 3.63) is 64.4 Å². The van der Waals surface area contributed by atoms with Crippen molar-refractivity contribution < 1.29 is 9.53 Å². The van der Waals surface area contributed by atoms with E-state index in [2.05, 4.69) is 35.8 Å². The van der Waals surface area contributed by atoms with Crippen LogP contribution in [0.1, 0.15) is 49.6 Å². The van der Waals surface area contributed by atoms with Gasteiger partial charge in [0.25, 0.3) is 0 Å². The highest BCUT2D eigenvalue weighted by Crippen LogP contribution is 2.38. The zero-order chi connectivity index (χ0) is 25.6. The molecule has 3 N–H and O–H groups in total. The summed E-state index contributed by atoms with van der Waals surface area (Å²) in [5.74, 6) is 0.848. The van der Waals surface area contributed by atoms with E-state index in [0.29, 0.717) is 32.9 Å². The van der Waals surface area contributed by atoms with Crippen molar-refractivity contribution in [3.8, 4) is 17.0 Å². The number of hydrogen-bond acceptors (Lipinski definition) is 7. The molecule has 2 fully saturated rings. The molecule has 1 spiro atoms. The van der Waals surface area contributed by atoms with E-state index in [1.54, 1.807) is 24.8 Å². The summed E-state index contributed by atoms with van der Waals surface area (Å²) in [5.41, 5.74) is 2.82. The second-order valence-corrected chi connectivity index (χ2v) is 10.5. The van der Waals surface area contributed by atoms with Gasteiger partial charge in [-0.15, -0.1) is 0 Å². The van der Waals surface area contributed by atoms with E-state index in [1.165, 1.54) is 0 Å². The molecule has 2 saturated heterocycles. The normalized spacial score (nSPS) is 19.8. The molecule has 2 atom stereocenters. The molecule has 2 aliphatic heterocycles. The Balaban J connectivity index is 1.24. The second kappa shape index (κ2) is 9.55. The number of halogens is 2. The Morgan fingerprint density at radius 3 is 2.54 bits per heavy atom. The first-order valence-electron chi connectivity index (χ1n) is 12.2. The van der Waals surface area contributed by atoms with Gasteiger partial charge >= 0.3 is 0 Å². The van der Waals surface area contributed by atoms with Gasteiger partial charge in [-0.05, 0) is 57.5 Å². The Kier molecular flexibility index (Phi) is 6.22. The van der Waals surface area contributed by atoms with Crippen LogP contribution in [0.4, 0.5) is 0 Å². The van der Waals surface area contributed by atoms with Crippen LogP contribution < -0.4 is 15.4 Å². The third-order valence-electron chi connectivity index (χ3n) is 7.26. The van der Waals surface area contributed by atoms with E-state index in [4.69, 9.17) is 27.9 Å². The molecule has 0 aliphatic carbocycles. The van der Waals surface area contributed by atoms with Crippen molar-refractivity contribution in [2.24, 2.45) is 0 Å². The average Bonchev–Trinajstić information content (AvgIpc) is 3.45. The zero-order valence-corrected chi connectivity index (χ0v) is 21.6. The Labute approximate surface area is 223 Å². The highest BCUT2D eigenvalue weighted by atomic mass is 35.5. The van der Waals surface area contributed by atoms with Crippen LogP contribution in [0.3, 0.4) is 0 Å². The lowest BCUT2D eigenvalue weighted by Gasteiger charge is -2.33. The van der Waals surface area contributed by atoms with Crippen molar-refractivity contribution >= 4 is 40.0 Å². The summed E-state index contributed by atoms with van der Waals surface area (Å²) in [6, 6.07) is 5.67. The minimum absolute atomic E-state index is 0.00480. The lowest BCUT2D eigenvalue weighted by atomic mass is 9.84. The smallest absolute Gasteiger partial charge is 0.231 e. The van der Waals surface area contributed by atoms with Gasteiger partial charge in [-0.25, -0.2) is 9.97 Å². The number of piperidine rings is 1. The first kappa shape index (κ1) is 24.1. The average molecular weight is 538 g/mol. The Morgan fingerprint density at radius 1 is 1.08 bits per heavy atom. The maximum absolute atomic E-state index is 12.7. The van der Waals surface area contributed by atoms with E-state index in [1.807, 2.05) is 25.1 Å². The summed E-state index contributed by atoms with van der Waals surface area (Å²) in [6.07, 6.45) is 8.74. The van der Waals surface area contributed by atoms with E-state index >= 15 is 0 Å². The molecule has 37 heavy (non-hydrogen) atoms.